The van der Waals surface area contributed by atoms with Crippen molar-refractivity contribution < 1.29 is 57.8 Å². The smallest absolute Gasteiger partial charge is 0.253 e. The lowest BCUT2D eigenvalue weighted by molar-refractivity contribution is -0.147. The van der Waals surface area contributed by atoms with Crippen molar-refractivity contribution in [3.05, 3.63) is 84.0 Å². The monoisotopic (exact) mass is 987 g/mol. The van der Waals surface area contributed by atoms with Gasteiger partial charge in [0.1, 0.15) is 42.5 Å². The molecule has 2 aromatic rings. The number of hydrogen-bond donors (Lipinski definition) is 2. The Bertz CT molecular complexity index is 2070. The highest BCUT2D eigenvalue weighted by atomic mass is 16.6. The van der Waals surface area contributed by atoms with Crippen LogP contribution >= 0.6 is 0 Å². The zero-order chi connectivity index (χ0) is 51.0. The second kappa shape index (κ2) is 26.5. The molecule has 0 spiro atoms. The molecule has 0 aliphatic carbocycles. The van der Waals surface area contributed by atoms with Crippen LogP contribution in [0.1, 0.15) is 130 Å². The van der Waals surface area contributed by atoms with Crippen molar-refractivity contribution in [3.63, 3.8) is 0 Å². The number of nitrogens with zero attached hydrogens (tertiary/aromatic N) is 2. The zero-order valence-electron chi connectivity index (χ0n) is 43.3. The summed E-state index contributed by atoms with van der Waals surface area (Å²) in [6, 6.07) is 15.7. The molecule has 14 heteroatoms. The molecule has 2 saturated heterocycles. The molecule has 4 aliphatic rings. The normalized spacial score (nSPS) is 22.0. The van der Waals surface area contributed by atoms with E-state index in [4.69, 9.17) is 28.4 Å². The number of hydrogen-bond acceptors (Lipinski definition) is 12. The van der Waals surface area contributed by atoms with Gasteiger partial charge in [-0.3, -0.25) is 29.0 Å². The largest absolute Gasteiger partial charge is 0.491 e. The average molecular weight is 987 g/mol. The van der Waals surface area contributed by atoms with Crippen LogP contribution in [0.3, 0.4) is 0 Å². The summed E-state index contributed by atoms with van der Waals surface area (Å²) in [5.41, 5.74) is 0.405. The first-order valence-corrected chi connectivity index (χ1v) is 26.4. The molecule has 0 saturated carbocycles. The number of aliphatic hydroxyl groups excluding tert-OH is 2. The number of ether oxygens (including phenoxy) is 6. The lowest BCUT2D eigenvalue weighted by atomic mass is 9.77. The maximum atomic E-state index is 13.8. The Kier molecular flexibility index (Phi) is 20.8. The summed E-state index contributed by atoms with van der Waals surface area (Å²) in [4.78, 5) is 54.3. The van der Waals surface area contributed by atoms with Gasteiger partial charge < -0.3 is 38.6 Å². The fraction of sp³-hybridized carbons (Fsp3) is 0.649. The summed E-state index contributed by atoms with van der Waals surface area (Å²) >= 11 is 0. The summed E-state index contributed by atoms with van der Waals surface area (Å²) in [7, 11) is 0. The van der Waals surface area contributed by atoms with Crippen LogP contribution in [0, 0.1) is 23.2 Å². The molecule has 0 aromatic heterocycles. The van der Waals surface area contributed by atoms with E-state index in [1.807, 2.05) is 81.5 Å². The molecule has 0 radical (unpaired) electrons. The zero-order valence-corrected chi connectivity index (χ0v) is 43.3. The van der Waals surface area contributed by atoms with Crippen LogP contribution in [-0.4, -0.2) is 133 Å². The molecular weight excluding hydrogens is 905 g/mol. The van der Waals surface area contributed by atoms with Gasteiger partial charge in [0.25, 0.3) is 11.8 Å². The molecule has 14 nitrogen and oxygen atoms in total. The lowest BCUT2D eigenvalue weighted by Gasteiger charge is -2.32. The van der Waals surface area contributed by atoms with Crippen molar-refractivity contribution in [1.29, 1.82) is 0 Å². The molecule has 7 atom stereocenters. The highest BCUT2D eigenvalue weighted by Crippen LogP contribution is 2.52. The minimum Gasteiger partial charge on any atom is -0.491 e. The van der Waals surface area contributed by atoms with Gasteiger partial charge in [-0.05, 0) is 79.3 Å². The Balaban J connectivity index is 0.841. The third-order valence-corrected chi connectivity index (χ3v) is 14.5. The number of imide groups is 2. The number of benzene rings is 2. The van der Waals surface area contributed by atoms with Gasteiger partial charge >= 0.3 is 0 Å². The minimum atomic E-state index is -1.09. The van der Waals surface area contributed by atoms with Crippen molar-refractivity contribution in [1.82, 2.24) is 9.80 Å². The second-order valence-electron chi connectivity index (χ2n) is 21.5. The summed E-state index contributed by atoms with van der Waals surface area (Å²) in [5.74, 6) is -1.05. The fourth-order valence-corrected chi connectivity index (χ4v) is 10.5. The SMILES string of the molecule is CCOCCCCCCCCCCCCOCC(O)COc1ccc(C(C)(C)c2ccc(OCC(O)COCC34C=CC(O3)C3C(=O)N(CCC(C)CC(C)(C)CN5C(=O)C=CC5=O)C(=O)C34)cc2)cc1. The summed E-state index contributed by atoms with van der Waals surface area (Å²) < 4.78 is 35.1. The van der Waals surface area contributed by atoms with E-state index in [-0.39, 0.29) is 80.0 Å². The number of rotatable bonds is 35. The minimum absolute atomic E-state index is 0.00398. The number of likely N-dealkylation sites (tertiary alicyclic amines) is 1. The Morgan fingerprint density at radius 1 is 0.662 bits per heavy atom. The molecular formula is C57H82N2O12. The van der Waals surface area contributed by atoms with E-state index < -0.39 is 35.7 Å². The van der Waals surface area contributed by atoms with E-state index >= 15 is 0 Å². The number of carbonyl (C=O) groups excluding carboxylic acids is 4. The van der Waals surface area contributed by atoms with Gasteiger partial charge in [0.15, 0.2) is 0 Å². The molecule has 4 heterocycles. The van der Waals surface area contributed by atoms with Gasteiger partial charge in [0.05, 0.1) is 37.8 Å². The molecule has 2 N–H and O–H groups in total. The second-order valence-corrected chi connectivity index (χ2v) is 21.5. The quantitative estimate of drug-likeness (QED) is 0.0387. The van der Waals surface area contributed by atoms with Crippen LogP contribution in [0.5, 0.6) is 11.5 Å². The van der Waals surface area contributed by atoms with Crippen LogP contribution in [0.2, 0.25) is 0 Å². The lowest BCUT2D eigenvalue weighted by Crippen LogP contribution is -2.45. The first kappa shape index (κ1) is 55.9. The van der Waals surface area contributed by atoms with Crippen molar-refractivity contribution in [2.45, 2.75) is 148 Å². The van der Waals surface area contributed by atoms with Crippen molar-refractivity contribution in [2.24, 2.45) is 23.2 Å². The van der Waals surface area contributed by atoms with Crippen molar-refractivity contribution in [2.75, 3.05) is 65.9 Å². The molecule has 7 unspecified atom stereocenters. The Morgan fingerprint density at radius 3 is 1.70 bits per heavy atom. The molecule has 2 fully saturated rings. The summed E-state index contributed by atoms with van der Waals surface area (Å²) in [5, 5.41) is 21.3. The number of carbonyl (C=O) groups is 4. The van der Waals surface area contributed by atoms with Gasteiger partial charge in [0.2, 0.25) is 11.8 Å². The fourth-order valence-electron chi connectivity index (χ4n) is 10.5. The predicted octanol–water partition coefficient (Wildman–Crippen LogP) is 8.14. The van der Waals surface area contributed by atoms with Crippen LogP contribution < -0.4 is 9.47 Å². The van der Waals surface area contributed by atoms with Crippen LogP contribution in [0.15, 0.2) is 72.8 Å². The van der Waals surface area contributed by atoms with Crippen LogP contribution in [0.4, 0.5) is 0 Å². The van der Waals surface area contributed by atoms with Gasteiger partial charge in [-0.1, -0.05) is 122 Å². The first-order chi connectivity index (χ1) is 34.0. The predicted molar refractivity (Wildman–Crippen MR) is 271 cm³/mol. The number of amides is 4. The van der Waals surface area contributed by atoms with Gasteiger partial charge in [0, 0.05) is 50.5 Å². The molecule has 4 amide bonds. The van der Waals surface area contributed by atoms with Crippen molar-refractivity contribution >= 4 is 23.6 Å². The third kappa shape index (κ3) is 15.5. The van der Waals surface area contributed by atoms with E-state index in [2.05, 4.69) is 20.8 Å². The molecule has 4 aliphatic heterocycles. The Labute approximate surface area is 422 Å². The summed E-state index contributed by atoms with van der Waals surface area (Å²) in [6.45, 7) is 15.7. The molecule has 2 aromatic carbocycles. The number of unbranched alkanes of at least 4 members (excludes halogenated alkanes) is 9. The maximum Gasteiger partial charge on any atom is 0.253 e. The Morgan fingerprint density at radius 2 is 1.17 bits per heavy atom. The standard InChI is InChI=1S/C57H82N2O12/c1-7-66-32-16-14-12-10-8-9-11-13-15-17-33-67-35-44(60)37-69-46-22-18-42(19-23-46)56(5,6)43-20-24-47(25-21-43)70-38-45(61)36-68-40-57-30-28-48(71-57)51-52(57)54(65)58(53(51)64)31-29-41(2)34-55(3,4)39-59-49(62)26-27-50(59)63/h18-28,30,41,44-45,48,51-52,60-61H,7-17,29,31-40H2,1-6H3. The number of fused-ring (bicyclic) bond motifs is 5. The topological polar surface area (TPSA) is 171 Å². The average Bonchev–Trinajstić information content (AvgIpc) is 4.08. The van der Waals surface area contributed by atoms with E-state index in [1.54, 1.807) is 0 Å². The highest BCUT2D eigenvalue weighted by molar-refractivity contribution is 6.13. The van der Waals surface area contributed by atoms with E-state index in [0.29, 0.717) is 37.5 Å². The van der Waals surface area contributed by atoms with Crippen LogP contribution in [-0.2, 0) is 43.5 Å². The van der Waals surface area contributed by atoms with Gasteiger partial charge in [-0.2, -0.15) is 0 Å². The first-order valence-electron chi connectivity index (χ1n) is 26.4. The van der Waals surface area contributed by atoms with E-state index in [1.165, 1.54) is 73.3 Å². The van der Waals surface area contributed by atoms with Crippen LogP contribution in [0.25, 0.3) is 0 Å². The Hall–Kier alpha value is -4.44. The third-order valence-electron chi connectivity index (χ3n) is 14.5. The molecule has 2 bridgehead atoms. The molecule has 71 heavy (non-hydrogen) atoms. The van der Waals surface area contributed by atoms with Gasteiger partial charge in [-0.15, -0.1) is 0 Å². The van der Waals surface area contributed by atoms with E-state index in [9.17, 15) is 29.4 Å². The van der Waals surface area contributed by atoms with Gasteiger partial charge in [-0.25, -0.2) is 0 Å². The molecule has 6 rings (SSSR count). The molecule has 392 valence electrons. The van der Waals surface area contributed by atoms with E-state index in [0.717, 1.165) is 37.2 Å². The maximum absolute atomic E-state index is 13.8. The highest BCUT2D eigenvalue weighted by Gasteiger charge is 2.67. The summed E-state index contributed by atoms with van der Waals surface area (Å²) in [6.07, 6.45) is 17.7. The number of aliphatic hydroxyl groups is 2. The van der Waals surface area contributed by atoms with Crippen molar-refractivity contribution in [3.8, 4) is 11.5 Å².